The van der Waals surface area contributed by atoms with Crippen molar-refractivity contribution in [3.63, 3.8) is 0 Å². The minimum Gasteiger partial charge on any atom is -0.396 e. The molecule has 2 aliphatic heterocycles. The van der Waals surface area contributed by atoms with Crippen LogP contribution in [0.4, 0.5) is 11.5 Å². The van der Waals surface area contributed by atoms with Crippen LogP contribution in [0.5, 0.6) is 0 Å². The van der Waals surface area contributed by atoms with E-state index in [0.717, 1.165) is 88.1 Å². The molecule has 1 aliphatic carbocycles. The smallest absolute Gasteiger partial charge is 0.261 e. The van der Waals surface area contributed by atoms with Gasteiger partial charge >= 0.3 is 0 Å². The Morgan fingerprint density at radius 1 is 1.05 bits per heavy atom. The molecule has 1 aromatic carbocycles. The number of fused-ring (bicyclic) bond motifs is 2. The lowest BCUT2D eigenvalue weighted by Gasteiger charge is -2.34. The number of amides is 1. The molecule has 3 aliphatic rings. The van der Waals surface area contributed by atoms with Gasteiger partial charge in [0.25, 0.3) is 5.56 Å². The summed E-state index contributed by atoms with van der Waals surface area (Å²) in [4.78, 5) is 34.8. The Hall–Kier alpha value is -3.13. The number of aliphatic hydroxyl groups excluding tert-OH is 1. The van der Waals surface area contributed by atoms with Crippen molar-refractivity contribution in [2.75, 3.05) is 36.0 Å². The fourth-order valence-corrected chi connectivity index (χ4v) is 7.17. The molecule has 8 nitrogen and oxygen atoms in total. The molecule has 6 rings (SSSR count). The topological polar surface area (TPSA) is 83.1 Å². The van der Waals surface area contributed by atoms with Crippen LogP contribution in [0.3, 0.4) is 0 Å². The number of carbonyl (C=O) groups excluding carboxylic acids is 1. The molecule has 2 unspecified atom stereocenters. The quantitative estimate of drug-likeness (QED) is 0.446. The summed E-state index contributed by atoms with van der Waals surface area (Å²) in [5.74, 6) is 1.55. The molecular weight excluding hydrogens is 478 g/mol. The second kappa shape index (κ2) is 9.56. The predicted octanol–water partition coefficient (Wildman–Crippen LogP) is 4.47. The average molecular weight is 518 g/mol. The lowest BCUT2D eigenvalue weighted by Crippen LogP contribution is -2.37. The fourth-order valence-electron chi connectivity index (χ4n) is 7.17. The van der Waals surface area contributed by atoms with Crippen LogP contribution in [-0.4, -0.2) is 51.2 Å². The monoisotopic (exact) mass is 517 g/mol. The van der Waals surface area contributed by atoms with Crippen LogP contribution in [0.2, 0.25) is 0 Å². The van der Waals surface area contributed by atoms with Crippen molar-refractivity contribution in [2.24, 2.45) is 10.8 Å². The maximum atomic E-state index is 13.4. The van der Waals surface area contributed by atoms with Gasteiger partial charge in [-0.1, -0.05) is 45.2 Å². The van der Waals surface area contributed by atoms with Crippen LogP contribution in [0.15, 0.2) is 41.3 Å². The van der Waals surface area contributed by atoms with Crippen molar-refractivity contribution in [3.8, 4) is 11.3 Å². The van der Waals surface area contributed by atoms with Crippen LogP contribution in [0.1, 0.15) is 65.2 Å². The number of hydrogen-bond acceptors (Lipinski definition) is 5. The molecule has 2 saturated heterocycles. The minimum atomic E-state index is -0.118. The van der Waals surface area contributed by atoms with E-state index in [2.05, 4.69) is 23.3 Å². The first-order chi connectivity index (χ1) is 18.4. The van der Waals surface area contributed by atoms with Crippen molar-refractivity contribution in [1.29, 1.82) is 0 Å². The van der Waals surface area contributed by atoms with E-state index in [1.165, 1.54) is 0 Å². The van der Waals surface area contributed by atoms with Gasteiger partial charge in [0.15, 0.2) is 0 Å². The number of anilines is 2. The van der Waals surface area contributed by atoms with Crippen molar-refractivity contribution in [2.45, 2.75) is 71.8 Å². The number of hydrogen-bond donors (Lipinski definition) is 1. The number of aromatic nitrogens is 3. The highest BCUT2D eigenvalue weighted by atomic mass is 16.3. The Kier molecular flexibility index (Phi) is 6.33. The van der Waals surface area contributed by atoms with E-state index in [9.17, 15) is 14.7 Å². The summed E-state index contributed by atoms with van der Waals surface area (Å²) in [5, 5.41) is 10.3. The van der Waals surface area contributed by atoms with Gasteiger partial charge in [-0.25, -0.2) is 0 Å². The third kappa shape index (κ3) is 3.96. The lowest BCUT2D eigenvalue weighted by molar-refractivity contribution is -0.117. The third-order valence-corrected chi connectivity index (χ3v) is 9.56. The summed E-state index contributed by atoms with van der Waals surface area (Å²) >= 11 is 0. The van der Waals surface area contributed by atoms with Gasteiger partial charge in [-0.2, -0.15) is 4.98 Å². The van der Waals surface area contributed by atoms with E-state index in [1.807, 2.05) is 35.4 Å². The second-order valence-electron chi connectivity index (χ2n) is 11.9. The van der Waals surface area contributed by atoms with E-state index in [4.69, 9.17) is 4.98 Å². The molecule has 3 fully saturated rings. The van der Waals surface area contributed by atoms with Gasteiger partial charge in [0.05, 0.1) is 12.3 Å². The second-order valence-corrected chi connectivity index (χ2v) is 11.9. The first-order valence-electron chi connectivity index (χ1n) is 14.3. The number of imidazole rings is 1. The number of nitrogens with zero attached hydrogens (tertiary/aromatic N) is 5. The molecule has 1 amide bonds. The zero-order chi connectivity index (χ0) is 26.5. The van der Waals surface area contributed by atoms with Gasteiger partial charge < -0.3 is 19.5 Å². The summed E-state index contributed by atoms with van der Waals surface area (Å²) in [6.45, 7) is 7.75. The number of unbranched alkanes of at least 4 members (excludes halogenated alkanes) is 2. The highest BCUT2D eigenvalue weighted by Gasteiger charge is 2.57. The molecular formula is C30H39N5O3. The minimum absolute atomic E-state index is 0.0430. The highest BCUT2D eigenvalue weighted by molar-refractivity contribution is 5.95. The van der Waals surface area contributed by atoms with Gasteiger partial charge in [-0.3, -0.25) is 14.0 Å². The normalized spacial score (nSPS) is 25.2. The summed E-state index contributed by atoms with van der Waals surface area (Å²) in [6.07, 6.45) is 9.91. The van der Waals surface area contributed by atoms with Crippen LogP contribution in [0.25, 0.3) is 17.0 Å². The van der Waals surface area contributed by atoms with Crippen molar-refractivity contribution in [3.05, 3.63) is 46.9 Å². The summed E-state index contributed by atoms with van der Waals surface area (Å²) in [7, 11) is 0. The SMILES string of the molecule is CCCCCn1c(-c2ccc(N3CCCC3=O)cc2)cn2c(=O)cc(N3CC4(C)CCCC4(CO)C3)nc12. The summed E-state index contributed by atoms with van der Waals surface area (Å²) < 4.78 is 3.85. The number of aliphatic hydroxyl groups is 1. The standard InChI is InChI=1S/C30H39N5O3/c1-3-4-5-15-34-24(22-9-11-23(12-10-22)33-16-6-8-26(33)37)18-35-27(38)17-25(31-28(34)35)32-19-29(2)13-7-14-30(29,20-32)21-36/h9-12,17-18,36H,3-8,13-16,19-21H2,1-2H3. The Morgan fingerprint density at radius 3 is 2.55 bits per heavy atom. The van der Waals surface area contributed by atoms with Crippen LogP contribution >= 0.6 is 0 Å². The first kappa shape index (κ1) is 25.2. The Morgan fingerprint density at radius 2 is 1.87 bits per heavy atom. The van der Waals surface area contributed by atoms with Gasteiger partial charge in [0, 0.05) is 56.0 Å². The Balaban J connectivity index is 1.39. The number of aryl methyl sites for hydroxylation is 1. The Bertz CT molecular complexity index is 1410. The molecule has 1 N–H and O–H groups in total. The average Bonchev–Trinajstić information content (AvgIpc) is 3.65. The fraction of sp³-hybridized carbons (Fsp3) is 0.567. The van der Waals surface area contributed by atoms with Gasteiger partial charge in [0.2, 0.25) is 11.7 Å². The summed E-state index contributed by atoms with van der Waals surface area (Å²) in [6, 6.07) is 9.76. The Labute approximate surface area is 223 Å². The van der Waals surface area contributed by atoms with Gasteiger partial charge in [-0.15, -0.1) is 0 Å². The molecule has 0 spiro atoms. The largest absolute Gasteiger partial charge is 0.396 e. The number of carbonyl (C=O) groups is 1. The van der Waals surface area contributed by atoms with Crippen LogP contribution in [-0.2, 0) is 11.3 Å². The molecule has 3 aromatic rings. The number of benzene rings is 1. The number of rotatable bonds is 8. The van der Waals surface area contributed by atoms with Crippen LogP contribution < -0.4 is 15.4 Å². The molecule has 8 heteroatoms. The molecule has 2 atom stereocenters. The van der Waals surface area contributed by atoms with E-state index in [-0.39, 0.29) is 28.9 Å². The molecule has 38 heavy (non-hydrogen) atoms. The van der Waals surface area contributed by atoms with Crippen LogP contribution in [0, 0.1) is 10.8 Å². The van der Waals surface area contributed by atoms with Crippen molar-refractivity contribution < 1.29 is 9.90 Å². The van der Waals surface area contributed by atoms with Crippen molar-refractivity contribution in [1.82, 2.24) is 14.0 Å². The molecule has 202 valence electrons. The molecule has 2 aromatic heterocycles. The predicted molar refractivity (Wildman–Crippen MR) is 150 cm³/mol. The third-order valence-electron chi connectivity index (χ3n) is 9.56. The zero-order valence-electron chi connectivity index (χ0n) is 22.7. The molecule has 4 heterocycles. The van der Waals surface area contributed by atoms with Crippen molar-refractivity contribution >= 4 is 23.2 Å². The zero-order valence-corrected chi connectivity index (χ0v) is 22.7. The summed E-state index contributed by atoms with van der Waals surface area (Å²) in [5.41, 5.74) is 2.73. The van der Waals surface area contributed by atoms with E-state index >= 15 is 0 Å². The maximum Gasteiger partial charge on any atom is 0.261 e. The first-order valence-corrected chi connectivity index (χ1v) is 14.3. The van der Waals surface area contributed by atoms with Gasteiger partial charge in [0.1, 0.15) is 5.82 Å². The van der Waals surface area contributed by atoms with E-state index in [1.54, 1.807) is 10.5 Å². The highest BCUT2D eigenvalue weighted by Crippen LogP contribution is 2.57. The molecule has 0 radical (unpaired) electrons. The van der Waals surface area contributed by atoms with E-state index in [0.29, 0.717) is 18.0 Å². The maximum absolute atomic E-state index is 13.4. The van der Waals surface area contributed by atoms with Gasteiger partial charge in [-0.05, 0) is 48.8 Å². The van der Waals surface area contributed by atoms with E-state index < -0.39 is 0 Å². The molecule has 0 bridgehead atoms. The molecule has 1 saturated carbocycles. The lowest BCUT2D eigenvalue weighted by atomic mass is 9.70.